The summed E-state index contributed by atoms with van der Waals surface area (Å²) in [6.45, 7) is 8.94. The number of benzene rings is 1. The number of ether oxygens (including phenoxy) is 1. The smallest absolute Gasteiger partial charge is 0.410 e. The molecular weight excluding hydrogens is 372 g/mol. The molecule has 1 saturated heterocycles. The summed E-state index contributed by atoms with van der Waals surface area (Å²) < 4.78 is 5.48. The summed E-state index contributed by atoms with van der Waals surface area (Å²) in [4.78, 5) is 37.4. The Bertz CT molecular complexity index is 998. The van der Waals surface area contributed by atoms with Gasteiger partial charge in [0.25, 0.3) is 5.91 Å². The van der Waals surface area contributed by atoms with Crippen LogP contribution in [0.3, 0.4) is 0 Å². The number of carbonyl (C=O) groups is 2. The molecule has 0 aliphatic carbocycles. The third-order valence-corrected chi connectivity index (χ3v) is 4.82. The zero-order valence-electron chi connectivity index (χ0n) is 16.9. The number of hydrogen-bond donors (Lipinski definition) is 0. The van der Waals surface area contributed by atoms with Crippen molar-refractivity contribution in [3.8, 4) is 0 Å². The first-order chi connectivity index (χ1) is 13.8. The zero-order chi connectivity index (χ0) is 20.6. The minimum absolute atomic E-state index is 0.275. The van der Waals surface area contributed by atoms with Gasteiger partial charge in [0.05, 0.1) is 23.0 Å². The normalized spacial score (nSPS) is 17.5. The maximum atomic E-state index is 12.3. The van der Waals surface area contributed by atoms with E-state index in [0.717, 1.165) is 13.0 Å². The fourth-order valence-electron chi connectivity index (χ4n) is 3.52. The van der Waals surface area contributed by atoms with Crippen LogP contribution in [0.4, 0.5) is 10.6 Å². The van der Waals surface area contributed by atoms with Crippen molar-refractivity contribution in [1.82, 2.24) is 19.8 Å². The van der Waals surface area contributed by atoms with Crippen molar-refractivity contribution in [2.75, 3.05) is 26.2 Å². The molecule has 0 N–H and O–H groups in total. The molecule has 0 saturated carbocycles. The van der Waals surface area contributed by atoms with Crippen LogP contribution in [-0.2, 0) is 11.3 Å². The van der Waals surface area contributed by atoms with Crippen LogP contribution in [-0.4, -0.2) is 63.5 Å². The minimum atomic E-state index is -0.502. The molecule has 1 fully saturated rings. The predicted molar refractivity (Wildman–Crippen MR) is 106 cm³/mol. The Morgan fingerprint density at radius 2 is 1.93 bits per heavy atom. The van der Waals surface area contributed by atoms with E-state index in [-0.39, 0.29) is 12.0 Å². The highest BCUT2D eigenvalue weighted by molar-refractivity contribution is 6.11. The first-order valence-corrected chi connectivity index (χ1v) is 9.76. The number of azo groups is 1. The molecule has 2 aromatic rings. The lowest BCUT2D eigenvalue weighted by Gasteiger charge is -2.26. The van der Waals surface area contributed by atoms with Crippen molar-refractivity contribution in [2.45, 2.75) is 39.3 Å². The Balaban J connectivity index is 1.48. The van der Waals surface area contributed by atoms with Crippen LogP contribution in [0.5, 0.6) is 0 Å². The molecule has 2 amide bonds. The Labute approximate surface area is 168 Å². The van der Waals surface area contributed by atoms with Crippen molar-refractivity contribution < 1.29 is 14.3 Å². The van der Waals surface area contributed by atoms with E-state index in [1.807, 2.05) is 26.8 Å². The Morgan fingerprint density at radius 1 is 1.10 bits per heavy atom. The monoisotopic (exact) mass is 396 g/mol. The number of rotatable bonds is 2. The largest absolute Gasteiger partial charge is 0.444 e. The fraction of sp³-hybridized carbons (Fsp3) is 0.500. The van der Waals surface area contributed by atoms with Gasteiger partial charge < -0.3 is 9.64 Å². The predicted octanol–water partition coefficient (Wildman–Crippen LogP) is 3.31. The zero-order valence-corrected chi connectivity index (χ0v) is 16.9. The maximum Gasteiger partial charge on any atom is 0.410 e. The van der Waals surface area contributed by atoms with Crippen LogP contribution in [0.2, 0.25) is 0 Å². The van der Waals surface area contributed by atoms with Crippen molar-refractivity contribution >= 4 is 28.7 Å². The number of amides is 2. The summed E-state index contributed by atoms with van der Waals surface area (Å²) in [7, 11) is 0. The van der Waals surface area contributed by atoms with Crippen molar-refractivity contribution in [2.24, 2.45) is 10.2 Å². The van der Waals surface area contributed by atoms with Crippen LogP contribution >= 0.6 is 0 Å². The second-order valence-electron chi connectivity index (χ2n) is 8.27. The SMILES string of the molecule is CC(C)(C)OC(=O)N1CCCN(Cc2nc3c4c(cccc4n2)C(=O)N=N3)CC1. The van der Waals surface area contributed by atoms with Crippen molar-refractivity contribution in [3.05, 3.63) is 29.6 Å². The van der Waals surface area contributed by atoms with Gasteiger partial charge in [0, 0.05) is 26.2 Å². The molecule has 3 heterocycles. The van der Waals surface area contributed by atoms with Crippen LogP contribution in [0.1, 0.15) is 43.4 Å². The lowest BCUT2D eigenvalue weighted by molar-refractivity contribution is 0.0257. The molecule has 1 aromatic heterocycles. The summed E-state index contributed by atoms with van der Waals surface area (Å²) in [5, 5.41) is 8.31. The van der Waals surface area contributed by atoms with E-state index >= 15 is 0 Å². The quantitative estimate of drug-likeness (QED) is 0.772. The molecule has 2 aliphatic heterocycles. The van der Waals surface area contributed by atoms with Gasteiger partial charge in [-0.25, -0.2) is 14.8 Å². The fourth-order valence-corrected chi connectivity index (χ4v) is 3.52. The van der Waals surface area contributed by atoms with Gasteiger partial charge in [-0.15, -0.1) is 10.2 Å². The molecule has 2 aliphatic rings. The number of carbonyl (C=O) groups excluding carboxylic acids is 2. The highest BCUT2D eigenvalue weighted by Gasteiger charge is 2.25. The number of hydrogen-bond acceptors (Lipinski definition) is 7. The van der Waals surface area contributed by atoms with Gasteiger partial charge >= 0.3 is 6.09 Å². The van der Waals surface area contributed by atoms with Gasteiger partial charge in [-0.3, -0.25) is 9.69 Å². The Hall–Kier alpha value is -2.94. The number of aromatic nitrogens is 2. The molecule has 0 atom stereocenters. The summed E-state index contributed by atoms with van der Waals surface area (Å²) >= 11 is 0. The summed E-state index contributed by atoms with van der Waals surface area (Å²) in [6, 6.07) is 5.37. The van der Waals surface area contributed by atoms with Crippen LogP contribution in [0, 0.1) is 0 Å². The van der Waals surface area contributed by atoms with Gasteiger partial charge in [-0.05, 0) is 39.3 Å². The van der Waals surface area contributed by atoms with Crippen LogP contribution < -0.4 is 0 Å². The summed E-state index contributed by atoms with van der Waals surface area (Å²) in [5.41, 5.74) is 0.680. The molecule has 4 rings (SSSR count). The van der Waals surface area contributed by atoms with Crippen molar-refractivity contribution in [3.63, 3.8) is 0 Å². The van der Waals surface area contributed by atoms with E-state index in [9.17, 15) is 9.59 Å². The first-order valence-electron chi connectivity index (χ1n) is 9.76. The Morgan fingerprint density at radius 3 is 2.72 bits per heavy atom. The summed E-state index contributed by atoms with van der Waals surface area (Å²) in [6.07, 6.45) is 0.571. The van der Waals surface area contributed by atoms with Crippen molar-refractivity contribution in [1.29, 1.82) is 0 Å². The first kappa shape index (κ1) is 19.4. The average Bonchev–Trinajstić information content (AvgIpc) is 2.89. The van der Waals surface area contributed by atoms with E-state index in [4.69, 9.17) is 4.74 Å². The highest BCUT2D eigenvalue weighted by Crippen LogP contribution is 2.31. The van der Waals surface area contributed by atoms with Gasteiger partial charge in [-0.1, -0.05) is 6.07 Å². The lowest BCUT2D eigenvalue weighted by atomic mass is 10.1. The maximum absolute atomic E-state index is 12.3. The molecule has 9 heteroatoms. The molecule has 9 nitrogen and oxygen atoms in total. The molecule has 1 aromatic carbocycles. The van der Waals surface area contributed by atoms with Gasteiger partial charge in [0.2, 0.25) is 0 Å². The molecule has 0 bridgehead atoms. The molecule has 0 unspecified atom stereocenters. The third kappa shape index (κ3) is 4.24. The minimum Gasteiger partial charge on any atom is -0.444 e. The van der Waals surface area contributed by atoms with E-state index in [1.165, 1.54) is 0 Å². The summed E-state index contributed by atoms with van der Waals surface area (Å²) in [5.74, 6) is 0.697. The van der Waals surface area contributed by atoms with Gasteiger partial charge in [0.15, 0.2) is 5.82 Å². The van der Waals surface area contributed by atoms with E-state index in [0.29, 0.717) is 54.3 Å². The molecular formula is C20H24N6O3. The number of nitrogens with zero attached hydrogens (tertiary/aromatic N) is 6. The van der Waals surface area contributed by atoms with Crippen LogP contribution in [0.15, 0.2) is 28.4 Å². The average molecular weight is 396 g/mol. The second-order valence-corrected chi connectivity index (χ2v) is 8.27. The molecule has 0 spiro atoms. The second kappa shape index (κ2) is 7.47. The Kier molecular flexibility index (Phi) is 4.99. The van der Waals surface area contributed by atoms with E-state index in [1.54, 1.807) is 17.0 Å². The van der Waals surface area contributed by atoms with E-state index in [2.05, 4.69) is 25.1 Å². The molecule has 152 valence electrons. The molecule has 0 radical (unpaired) electrons. The highest BCUT2D eigenvalue weighted by atomic mass is 16.6. The van der Waals surface area contributed by atoms with Crippen LogP contribution in [0.25, 0.3) is 10.9 Å². The lowest BCUT2D eigenvalue weighted by Crippen LogP contribution is -2.39. The van der Waals surface area contributed by atoms with Gasteiger partial charge in [0.1, 0.15) is 11.4 Å². The van der Waals surface area contributed by atoms with E-state index < -0.39 is 5.60 Å². The van der Waals surface area contributed by atoms with Gasteiger partial charge in [-0.2, -0.15) is 0 Å². The standard InChI is InChI=1S/C20H24N6O3/c1-20(2,3)29-19(28)26-9-5-8-25(10-11-26)12-15-21-14-7-4-6-13-16(14)17(22-15)23-24-18(13)27/h4,6-7H,5,8-12H2,1-3H3. The topological polar surface area (TPSA) is 100 Å². The molecule has 29 heavy (non-hydrogen) atoms. The third-order valence-electron chi connectivity index (χ3n) is 4.82.